The summed E-state index contributed by atoms with van der Waals surface area (Å²) in [5, 5.41) is 17.6. The maximum absolute atomic E-state index is 13.4. The van der Waals surface area contributed by atoms with Crippen LogP contribution in [0.1, 0.15) is 43.7 Å². The number of carbonyl (C=O) groups excluding carboxylic acids is 2. The third-order valence-electron chi connectivity index (χ3n) is 9.62. The highest BCUT2D eigenvalue weighted by Crippen LogP contribution is 2.50. The monoisotopic (exact) mass is 939 g/mol. The van der Waals surface area contributed by atoms with Crippen LogP contribution in [-0.4, -0.2) is 117 Å². The van der Waals surface area contributed by atoms with Crippen LogP contribution < -0.4 is 28.2 Å². The molecule has 346 valence electrons. The molecule has 0 aliphatic carbocycles. The van der Waals surface area contributed by atoms with Gasteiger partial charge in [-0.2, -0.15) is 4.98 Å². The Morgan fingerprint density at radius 2 is 1.78 bits per heavy atom. The van der Waals surface area contributed by atoms with Gasteiger partial charge in [-0.3, -0.25) is 27.5 Å². The second-order valence-corrected chi connectivity index (χ2v) is 16.7. The molecule has 9 atom stereocenters. The number of aromatic nitrogens is 6. The van der Waals surface area contributed by atoms with Gasteiger partial charge in [0.15, 0.2) is 23.8 Å². The van der Waals surface area contributed by atoms with Crippen LogP contribution in [0.5, 0.6) is 0 Å². The number of amides is 1. The standard InChI is InChI=1S/C33H43N13O16P2/c34-19(3-1-2-9-38-33(50)56-12-17-4-6-18(7-5-17)43-44-37)31(48)61-27-22(60-30(26(27)47)46-16-41-25-28(36)39-15-40-29(25)46)14-58-64(54,55)62-20-11-24(45-10-8-23(35)42-32(45)49)59-21(20)13-57-63(51,52)53/h4-8,10,15-16,19-22,24,26-27,30,47H,1-3,9,11-14,34H2,(H,38,50)(H,54,55)(H2,35,42,49)(H2,36,39,40)(H2,51,52,53)/t19?,20-,21+,22-,24+,26+,27+,30+/m0/s1. The predicted molar refractivity (Wildman–Crippen MR) is 215 cm³/mol. The smallest absolute Gasteiger partial charge is 0.455 e. The Balaban J connectivity index is 1.07. The lowest BCUT2D eigenvalue weighted by Gasteiger charge is -2.24. The molecule has 4 aromatic rings. The molecule has 29 nitrogen and oxygen atoms in total. The normalized spacial score (nSPS) is 23.5. The van der Waals surface area contributed by atoms with E-state index in [0.717, 1.165) is 10.9 Å². The minimum Gasteiger partial charge on any atom is -0.455 e. The molecule has 64 heavy (non-hydrogen) atoms. The van der Waals surface area contributed by atoms with Crippen LogP contribution in [0.4, 0.5) is 22.1 Å². The number of alkyl carbamates (subject to hydrolysis) is 1. The first kappa shape index (κ1) is 47.8. The number of hydrogen-bond donors (Lipinski definition) is 8. The number of imidazole rings is 1. The number of unbranched alkanes of at least 4 members (excludes halogenated alkanes) is 1. The van der Waals surface area contributed by atoms with Crippen molar-refractivity contribution in [3.05, 3.63) is 75.7 Å². The SMILES string of the molecule is [N-]=[N+]=Nc1ccc(COC(=O)NCCCCC(N)C(=O)O[C@H]2[C@@H](O)[C@H](n3cnc4c(N)ncnc43)O[C@H]2COP(=O)(O)O[C@H]2C[C@H](n3ccc(N)nc3=O)O[C@@H]2COP(=O)(O)O)cc1. The van der Waals surface area contributed by atoms with Crippen molar-refractivity contribution in [2.45, 2.75) is 81.3 Å². The van der Waals surface area contributed by atoms with Crippen LogP contribution in [0.25, 0.3) is 21.6 Å². The number of azide groups is 1. The van der Waals surface area contributed by atoms with Crippen LogP contribution in [-0.2, 0) is 53.1 Å². The number of phosphoric acid groups is 2. The first-order valence-electron chi connectivity index (χ1n) is 19.0. The number of nitrogens with zero attached hydrogens (tertiary/aromatic N) is 9. The summed E-state index contributed by atoms with van der Waals surface area (Å²) in [6.07, 6.45) is -6.99. The number of rotatable bonds is 20. The Bertz CT molecular complexity index is 2490. The number of fused-ring (bicyclic) bond motifs is 1. The summed E-state index contributed by atoms with van der Waals surface area (Å²) in [6, 6.07) is 6.44. The van der Waals surface area contributed by atoms with Crippen LogP contribution in [0, 0.1) is 0 Å². The number of nitrogen functional groups attached to an aromatic ring is 2. The third kappa shape index (κ3) is 12.5. The Morgan fingerprint density at radius 3 is 2.50 bits per heavy atom. The second kappa shape index (κ2) is 20.9. The number of benzene rings is 1. The van der Waals surface area contributed by atoms with Gasteiger partial charge in [0.05, 0.1) is 19.5 Å². The molecule has 0 spiro atoms. The Hall–Kier alpha value is -5.64. The zero-order chi connectivity index (χ0) is 46.2. The Morgan fingerprint density at radius 1 is 1.03 bits per heavy atom. The molecule has 1 aromatic carbocycles. The number of phosphoric ester groups is 2. The molecule has 6 rings (SSSR count). The largest absolute Gasteiger partial charge is 0.472 e. The van der Waals surface area contributed by atoms with Crippen LogP contribution in [0.3, 0.4) is 0 Å². The third-order valence-corrected chi connectivity index (χ3v) is 11.1. The van der Waals surface area contributed by atoms with Gasteiger partial charge in [-0.1, -0.05) is 29.4 Å². The summed E-state index contributed by atoms with van der Waals surface area (Å²) in [5.41, 5.74) is 26.6. The molecule has 0 bridgehead atoms. The fourth-order valence-corrected chi connectivity index (χ4v) is 7.83. The van der Waals surface area contributed by atoms with E-state index >= 15 is 0 Å². The molecule has 0 saturated carbocycles. The van der Waals surface area contributed by atoms with E-state index in [0.29, 0.717) is 24.1 Å². The number of anilines is 2. The number of carbonyl (C=O) groups is 2. The Labute approximate surface area is 360 Å². The number of esters is 1. The average Bonchev–Trinajstić information content (AvgIpc) is 3.94. The van der Waals surface area contributed by atoms with Crippen molar-refractivity contribution in [3.63, 3.8) is 0 Å². The molecule has 0 radical (unpaired) electrons. The van der Waals surface area contributed by atoms with Gasteiger partial charge in [-0.05, 0) is 36.4 Å². The van der Waals surface area contributed by atoms with Gasteiger partial charge in [0.2, 0.25) is 0 Å². The van der Waals surface area contributed by atoms with Crippen LogP contribution >= 0.6 is 15.6 Å². The minimum atomic E-state index is -5.20. The van der Waals surface area contributed by atoms with Gasteiger partial charge in [-0.25, -0.2) is 33.7 Å². The zero-order valence-electron chi connectivity index (χ0n) is 33.2. The van der Waals surface area contributed by atoms with E-state index in [2.05, 4.69) is 39.8 Å². The molecular formula is C33H43N13O16P2. The number of aliphatic hydroxyl groups excluding tert-OH is 1. The zero-order valence-corrected chi connectivity index (χ0v) is 35.0. The summed E-state index contributed by atoms with van der Waals surface area (Å²) in [5.74, 6) is -1.09. The van der Waals surface area contributed by atoms with Gasteiger partial charge >= 0.3 is 33.4 Å². The van der Waals surface area contributed by atoms with Gasteiger partial charge in [0, 0.05) is 29.8 Å². The summed E-state index contributed by atoms with van der Waals surface area (Å²) in [6.45, 7) is -1.59. The van der Waals surface area contributed by atoms with Crippen molar-refractivity contribution in [1.29, 1.82) is 0 Å². The van der Waals surface area contributed by atoms with E-state index in [1.54, 1.807) is 24.3 Å². The fourth-order valence-electron chi connectivity index (χ4n) is 6.53. The highest BCUT2D eigenvalue weighted by atomic mass is 31.2. The molecule has 2 saturated heterocycles. The highest BCUT2D eigenvalue weighted by molar-refractivity contribution is 7.47. The van der Waals surface area contributed by atoms with E-state index in [1.807, 2.05) is 0 Å². The average molecular weight is 940 g/mol. The molecule has 2 fully saturated rings. The van der Waals surface area contributed by atoms with Crippen molar-refractivity contribution in [2.24, 2.45) is 10.8 Å². The van der Waals surface area contributed by atoms with Gasteiger partial charge in [-0.15, -0.1) is 0 Å². The maximum Gasteiger partial charge on any atom is 0.472 e. The van der Waals surface area contributed by atoms with Gasteiger partial charge < -0.3 is 61.3 Å². The molecular weight excluding hydrogens is 896 g/mol. The van der Waals surface area contributed by atoms with Gasteiger partial charge in [0.25, 0.3) is 0 Å². The van der Waals surface area contributed by atoms with Crippen molar-refractivity contribution in [3.8, 4) is 0 Å². The van der Waals surface area contributed by atoms with E-state index < -0.39 is 95.6 Å². The van der Waals surface area contributed by atoms with Crippen LogP contribution in [0.15, 0.2) is 59.1 Å². The molecule has 2 aliphatic heterocycles. The summed E-state index contributed by atoms with van der Waals surface area (Å²) >= 11 is 0. The van der Waals surface area contributed by atoms with Crippen molar-refractivity contribution < 1.29 is 71.0 Å². The van der Waals surface area contributed by atoms with Crippen LogP contribution in [0.2, 0.25) is 0 Å². The van der Waals surface area contributed by atoms with Gasteiger partial charge in [0.1, 0.15) is 61.0 Å². The molecule has 2 aliphatic rings. The van der Waals surface area contributed by atoms with Crippen molar-refractivity contribution in [1.82, 2.24) is 34.4 Å². The quantitative estimate of drug-likeness (QED) is 0.0151. The number of aliphatic hydroxyl groups is 1. The number of nitrogens with one attached hydrogen (secondary N) is 1. The molecule has 5 heterocycles. The van der Waals surface area contributed by atoms with E-state index in [1.165, 1.54) is 23.2 Å². The van der Waals surface area contributed by atoms with Crippen molar-refractivity contribution >= 4 is 56.2 Å². The summed E-state index contributed by atoms with van der Waals surface area (Å²) in [7, 11) is -10.3. The van der Waals surface area contributed by atoms with E-state index in [4.69, 9.17) is 50.7 Å². The first-order chi connectivity index (χ1) is 30.4. The first-order valence-corrected chi connectivity index (χ1v) is 22.1. The van der Waals surface area contributed by atoms with E-state index in [-0.39, 0.29) is 48.8 Å². The maximum atomic E-state index is 13.4. The summed E-state index contributed by atoms with van der Waals surface area (Å²) in [4.78, 5) is 85.8. The lowest BCUT2D eigenvalue weighted by molar-refractivity contribution is -0.158. The Kier molecular flexibility index (Phi) is 15.6. The molecule has 1 amide bonds. The number of nitrogens with two attached hydrogens (primary N) is 3. The molecule has 3 aromatic heterocycles. The van der Waals surface area contributed by atoms with Crippen molar-refractivity contribution in [2.75, 3.05) is 31.2 Å². The lowest BCUT2D eigenvalue weighted by Crippen LogP contribution is -2.43. The fraction of sp³-hybridized carbons (Fsp3) is 0.485. The number of ether oxygens (including phenoxy) is 4. The molecule has 2 unspecified atom stereocenters. The minimum absolute atomic E-state index is 0.00547. The van der Waals surface area contributed by atoms with E-state index in [9.17, 15) is 43.3 Å². The second-order valence-electron chi connectivity index (χ2n) is 14.1. The topological polar surface area (TPSA) is 431 Å². The summed E-state index contributed by atoms with van der Waals surface area (Å²) < 4.78 is 64.8. The predicted octanol–water partition coefficient (Wildman–Crippen LogP) is 0.683. The molecule has 11 N–H and O–H groups in total. The highest BCUT2D eigenvalue weighted by Gasteiger charge is 2.50. The molecule has 31 heteroatoms. The lowest BCUT2D eigenvalue weighted by atomic mass is 10.1. The number of hydrogen-bond acceptors (Lipinski definition) is 21.